The van der Waals surface area contributed by atoms with Gasteiger partial charge in [0.05, 0.1) is 5.92 Å². The highest BCUT2D eigenvalue weighted by Gasteiger charge is 2.40. The van der Waals surface area contributed by atoms with Crippen LogP contribution in [0.25, 0.3) is 0 Å². The van der Waals surface area contributed by atoms with Gasteiger partial charge in [0.15, 0.2) is 0 Å². The molecule has 2 aromatic rings. The van der Waals surface area contributed by atoms with Crippen molar-refractivity contribution < 1.29 is 9.59 Å². The molecule has 0 spiro atoms. The predicted octanol–water partition coefficient (Wildman–Crippen LogP) is 3.72. The number of amides is 2. The molecule has 0 radical (unpaired) electrons. The van der Waals surface area contributed by atoms with E-state index in [4.69, 9.17) is 11.6 Å². The molecule has 4 nitrogen and oxygen atoms in total. The Hall–Kier alpha value is -2.33. The molecule has 0 saturated carbocycles. The topological polar surface area (TPSA) is 49.4 Å². The molecular formula is C21H23ClN2O2. The van der Waals surface area contributed by atoms with Crippen molar-refractivity contribution in [2.45, 2.75) is 19.3 Å². The third-order valence-electron chi connectivity index (χ3n) is 4.79. The lowest BCUT2D eigenvalue weighted by atomic mass is 9.88. The van der Waals surface area contributed by atoms with Crippen LogP contribution >= 0.6 is 11.6 Å². The van der Waals surface area contributed by atoms with Gasteiger partial charge in [0.1, 0.15) is 0 Å². The van der Waals surface area contributed by atoms with Crippen molar-refractivity contribution in [2.24, 2.45) is 5.92 Å². The second-order valence-electron chi connectivity index (χ2n) is 6.64. The molecule has 1 N–H and O–H groups in total. The maximum atomic E-state index is 12.9. The Morgan fingerprint density at radius 1 is 1.12 bits per heavy atom. The number of nitrogens with zero attached hydrogens (tertiary/aromatic N) is 1. The van der Waals surface area contributed by atoms with Gasteiger partial charge < -0.3 is 10.2 Å². The number of hydrogen-bond acceptors (Lipinski definition) is 2. The van der Waals surface area contributed by atoms with Crippen molar-refractivity contribution in [3.05, 3.63) is 70.7 Å². The van der Waals surface area contributed by atoms with Gasteiger partial charge in [-0.3, -0.25) is 9.59 Å². The summed E-state index contributed by atoms with van der Waals surface area (Å²) in [5.41, 5.74) is 1.64. The highest BCUT2D eigenvalue weighted by molar-refractivity contribution is 6.30. The van der Waals surface area contributed by atoms with Crippen LogP contribution in [0.1, 0.15) is 35.2 Å². The number of nitrogens with one attached hydrogen (secondary N) is 1. The fraction of sp³-hybridized carbons (Fsp3) is 0.333. The lowest BCUT2D eigenvalue weighted by Crippen LogP contribution is -2.36. The standard InChI is InChI=1S/C21H23ClN2O2/c1-2-11-23-20(25)19-14-24(13-18(19)15-7-4-3-5-8-15)21(26)16-9-6-10-17(22)12-16/h3-10,12,18-19H,2,11,13-14H2,1H3,(H,23,25)/t18-,19-/m1/s1. The fourth-order valence-electron chi connectivity index (χ4n) is 3.46. The molecule has 1 aliphatic heterocycles. The molecule has 1 heterocycles. The minimum absolute atomic E-state index is 0.00353. The number of likely N-dealkylation sites (tertiary alicyclic amines) is 1. The van der Waals surface area contributed by atoms with E-state index in [1.54, 1.807) is 29.2 Å². The minimum atomic E-state index is -0.243. The van der Waals surface area contributed by atoms with Crippen LogP contribution in [0, 0.1) is 5.92 Å². The Kier molecular flexibility index (Phi) is 5.94. The molecule has 2 amide bonds. The van der Waals surface area contributed by atoms with Gasteiger partial charge in [-0.15, -0.1) is 0 Å². The molecule has 136 valence electrons. The van der Waals surface area contributed by atoms with Crippen LogP contribution in [0.4, 0.5) is 0 Å². The summed E-state index contributed by atoms with van der Waals surface area (Å²) in [6, 6.07) is 16.9. The van der Waals surface area contributed by atoms with Crippen molar-refractivity contribution in [1.29, 1.82) is 0 Å². The van der Waals surface area contributed by atoms with Crippen LogP contribution < -0.4 is 5.32 Å². The van der Waals surface area contributed by atoms with Gasteiger partial charge in [0.25, 0.3) is 5.91 Å². The monoisotopic (exact) mass is 370 g/mol. The third kappa shape index (κ3) is 4.07. The predicted molar refractivity (Wildman–Crippen MR) is 103 cm³/mol. The fourth-order valence-corrected chi connectivity index (χ4v) is 3.65. The normalized spacial score (nSPS) is 19.4. The van der Waals surface area contributed by atoms with Crippen molar-refractivity contribution in [3.63, 3.8) is 0 Å². The first-order valence-corrected chi connectivity index (χ1v) is 9.35. The molecule has 0 bridgehead atoms. The smallest absolute Gasteiger partial charge is 0.253 e. The van der Waals surface area contributed by atoms with Crippen molar-refractivity contribution in [1.82, 2.24) is 10.2 Å². The van der Waals surface area contributed by atoms with Crippen LogP contribution in [0.3, 0.4) is 0 Å². The van der Waals surface area contributed by atoms with Gasteiger partial charge in [-0.25, -0.2) is 0 Å². The van der Waals surface area contributed by atoms with Gasteiger partial charge in [0.2, 0.25) is 5.91 Å². The van der Waals surface area contributed by atoms with E-state index in [1.165, 1.54) is 0 Å². The Bertz CT molecular complexity index is 779. The van der Waals surface area contributed by atoms with Gasteiger partial charge in [0, 0.05) is 36.1 Å². The van der Waals surface area contributed by atoms with E-state index >= 15 is 0 Å². The molecule has 1 fully saturated rings. The number of hydrogen-bond donors (Lipinski definition) is 1. The summed E-state index contributed by atoms with van der Waals surface area (Å²) in [6.07, 6.45) is 0.889. The molecular weight excluding hydrogens is 348 g/mol. The number of carbonyl (C=O) groups is 2. The summed E-state index contributed by atoms with van der Waals surface area (Å²) in [7, 11) is 0. The Balaban J connectivity index is 1.83. The number of benzene rings is 2. The van der Waals surface area contributed by atoms with E-state index < -0.39 is 0 Å². The van der Waals surface area contributed by atoms with E-state index in [-0.39, 0.29) is 23.7 Å². The van der Waals surface area contributed by atoms with Gasteiger partial charge in [-0.1, -0.05) is 54.9 Å². The molecule has 5 heteroatoms. The SMILES string of the molecule is CCCNC(=O)[C@@H]1CN(C(=O)c2cccc(Cl)c2)C[C@@H]1c1ccccc1. The van der Waals surface area contributed by atoms with E-state index in [0.29, 0.717) is 30.2 Å². The summed E-state index contributed by atoms with van der Waals surface area (Å²) in [5, 5.41) is 3.52. The van der Waals surface area contributed by atoms with Gasteiger partial charge in [-0.2, -0.15) is 0 Å². The van der Waals surface area contributed by atoms with E-state index in [9.17, 15) is 9.59 Å². The van der Waals surface area contributed by atoms with Gasteiger partial charge in [-0.05, 0) is 30.2 Å². The first kappa shape index (κ1) is 18.5. The Morgan fingerprint density at radius 2 is 1.88 bits per heavy atom. The average Bonchev–Trinajstić information content (AvgIpc) is 3.11. The number of rotatable bonds is 5. The zero-order valence-electron chi connectivity index (χ0n) is 14.8. The summed E-state index contributed by atoms with van der Waals surface area (Å²) in [5.74, 6) is -0.315. The highest BCUT2D eigenvalue weighted by atomic mass is 35.5. The van der Waals surface area contributed by atoms with Crippen LogP contribution in [-0.4, -0.2) is 36.3 Å². The first-order valence-electron chi connectivity index (χ1n) is 8.97. The minimum Gasteiger partial charge on any atom is -0.356 e. The maximum Gasteiger partial charge on any atom is 0.253 e. The summed E-state index contributed by atoms with van der Waals surface area (Å²) >= 11 is 6.02. The third-order valence-corrected chi connectivity index (χ3v) is 5.03. The zero-order valence-corrected chi connectivity index (χ0v) is 15.6. The van der Waals surface area contributed by atoms with E-state index in [1.807, 2.05) is 37.3 Å². The van der Waals surface area contributed by atoms with Crippen LogP contribution in [-0.2, 0) is 4.79 Å². The molecule has 3 rings (SSSR count). The van der Waals surface area contributed by atoms with Crippen LogP contribution in [0.2, 0.25) is 5.02 Å². The first-order chi connectivity index (χ1) is 12.6. The second-order valence-corrected chi connectivity index (χ2v) is 7.07. The zero-order chi connectivity index (χ0) is 18.5. The molecule has 2 atom stereocenters. The second kappa shape index (κ2) is 8.37. The quantitative estimate of drug-likeness (QED) is 0.871. The van der Waals surface area contributed by atoms with E-state index in [0.717, 1.165) is 12.0 Å². The molecule has 26 heavy (non-hydrogen) atoms. The summed E-state index contributed by atoms with van der Waals surface area (Å²) in [6.45, 7) is 3.62. The summed E-state index contributed by atoms with van der Waals surface area (Å²) < 4.78 is 0. The lowest BCUT2D eigenvalue weighted by molar-refractivity contribution is -0.124. The maximum absolute atomic E-state index is 12.9. The van der Waals surface area contributed by atoms with Crippen molar-refractivity contribution in [3.8, 4) is 0 Å². The van der Waals surface area contributed by atoms with E-state index in [2.05, 4.69) is 5.32 Å². The van der Waals surface area contributed by atoms with Crippen molar-refractivity contribution in [2.75, 3.05) is 19.6 Å². The largest absolute Gasteiger partial charge is 0.356 e. The average molecular weight is 371 g/mol. The number of halogens is 1. The molecule has 0 unspecified atom stereocenters. The molecule has 0 aliphatic carbocycles. The van der Waals surface area contributed by atoms with Crippen LogP contribution in [0.15, 0.2) is 54.6 Å². The number of carbonyl (C=O) groups excluding carboxylic acids is 2. The molecule has 1 aliphatic rings. The highest BCUT2D eigenvalue weighted by Crippen LogP contribution is 2.33. The molecule has 0 aromatic heterocycles. The lowest BCUT2D eigenvalue weighted by Gasteiger charge is -2.17. The van der Waals surface area contributed by atoms with Crippen LogP contribution in [0.5, 0.6) is 0 Å². The van der Waals surface area contributed by atoms with Crippen molar-refractivity contribution >= 4 is 23.4 Å². The summed E-state index contributed by atoms with van der Waals surface area (Å²) in [4.78, 5) is 27.3. The van der Waals surface area contributed by atoms with Gasteiger partial charge >= 0.3 is 0 Å². The Morgan fingerprint density at radius 3 is 2.58 bits per heavy atom. The molecule has 2 aromatic carbocycles. The molecule has 1 saturated heterocycles. The Labute approximate surface area is 159 Å².